The Kier molecular flexibility index (Phi) is 7.43. The Hall–Kier alpha value is -2.83. The van der Waals surface area contributed by atoms with Gasteiger partial charge in [-0.05, 0) is 56.3 Å². The van der Waals surface area contributed by atoms with Crippen LogP contribution in [0.5, 0.6) is 0 Å². The van der Waals surface area contributed by atoms with Crippen LogP contribution in [0.3, 0.4) is 0 Å². The zero-order valence-corrected chi connectivity index (χ0v) is 18.3. The van der Waals surface area contributed by atoms with Crippen molar-refractivity contribution in [2.75, 3.05) is 17.2 Å². The molecule has 0 aliphatic rings. The third-order valence-electron chi connectivity index (χ3n) is 4.25. The monoisotopic (exact) mass is 493 g/mol. The third-order valence-corrected chi connectivity index (χ3v) is 6.33. The summed E-state index contributed by atoms with van der Waals surface area (Å²) < 4.78 is 64.0. The van der Waals surface area contributed by atoms with Gasteiger partial charge in [0.25, 0.3) is 5.91 Å². The number of aliphatic hydroxyl groups is 1. The van der Waals surface area contributed by atoms with E-state index >= 15 is 0 Å². The normalized spacial score (nSPS) is 13.7. The number of nitrogens with one attached hydrogen (secondary N) is 3. The molecule has 1 unspecified atom stereocenters. The van der Waals surface area contributed by atoms with Crippen LogP contribution in [-0.2, 0) is 14.6 Å². The van der Waals surface area contributed by atoms with Crippen molar-refractivity contribution in [3.8, 4) is 0 Å². The van der Waals surface area contributed by atoms with E-state index in [1.807, 2.05) is 5.32 Å². The first-order valence-corrected chi connectivity index (χ1v) is 10.9. The highest BCUT2D eigenvalue weighted by Crippen LogP contribution is 2.33. The van der Waals surface area contributed by atoms with Crippen molar-refractivity contribution in [3.63, 3.8) is 0 Å². The van der Waals surface area contributed by atoms with Gasteiger partial charge in [-0.1, -0.05) is 11.6 Å². The van der Waals surface area contributed by atoms with E-state index in [1.54, 1.807) is 6.92 Å². The lowest BCUT2D eigenvalue weighted by Crippen LogP contribution is -2.52. The fourth-order valence-electron chi connectivity index (χ4n) is 2.33. The van der Waals surface area contributed by atoms with Gasteiger partial charge in [-0.2, -0.15) is 13.2 Å². The highest BCUT2D eigenvalue weighted by atomic mass is 35.5. The maximum atomic E-state index is 12.8. The molecule has 0 bridgehead atoms. The van der Waals surface area contributed by atoms with Gasteiger partial charge in [-0.3, -0.25) is 4.79 Å². The molecule has 0 aliphatic carbocycles. The Morgan fingerprint density at radius 1 is 1.03 bits per heavy atom. The number of anilines is 2. The van der Waals surface area contributed by atoms with E-state index in [0.29, 0.717) is 12.2 Å². The molecular formula is C19H19ClF3N3O5S. The van der Waals surface area contributed by atoms with Crippen molar-refractivity contribution in [3.05, 3.63) is 47.5 Å². The van der Waals surface area contributed by atoms with Crippen LogP contribution in [0.15, 0.2) is 52.3 Å². The number of hydrogen-bond donors (Lipinski definition) is 4. The maximum Gasteiger partial charge on any atom is 0.426 e. The average molecular weight is 494 g/mol. The second-order valence-corrected chi connectivity index (χ2v) is 9.03. The van der Waals surface area contributed by atoms with Gasteiger partial charge in [0.05, 0.1) is 20.5 Å². The minimum atomic E-state index is -5.23. The number of benzene rings is 2. The first kappa shape index (κ1) is 25.4. The highest BCUT2D eigenvalue weighted by molar-refractivity contribution is 7.91. The summed E-state index contributed by atoms with van der Waals surface area (Å²) in [7, 11) is -4.07. The standard InChI is InChI=1S/C19H19ClF3N3O5S/c1-3-24-17(28)25-11-4-6-12(7-5-11)32(30,31)13-8-9-15(14(20)10-13)26-16(27)18(2,29)19(21,22)23/h4-10,29H,3H2,1-2H3,(H,26,27)(H2,24,25,28). The Balaban J connectivity index is 2.24. The molecule has 13 heteroatoms. The largest absolute Gasteiger partial charge is 0.426 e. The number of carbonyl (C=O) groups is 2. The zero-order valence-electron chi connectivity index (χ0n) is 16.7. The van der Waals surface area contributed by atoms with E-state index in [1.165, 1.54) is 24.3 Å². The molecule has 174 valence electrons. The molecule has 32 heavy (non-hydrogen) atoms. The number of hydrogen-bond acceptors (Lipinski definition) is 5. The molecule has 2 rings (SSSR count). The summed E-state index contributed by atoms with van der Waals surface area (Å²) in [6.07, 6.45) is -5.23. The van der Waals surface area contributed by atoms with Crippen LogP contribution in [0.25, 0.3) is 0 Å². The van der Waals surface area contributed by atoms with Crippen LogP contribution in [0, 0.1) is 0 Å². The fourth-order valence-corrected chi connectivity index (χ4v) is 3.91. The molecule has 0 radical (unpaired) electrons. The molecule has 0 fully saturated rings. The molecule has 0 heterocycles. The van der Waals surface area contributed by atoms with Gasteiger partial charge < -0.3 is 21.1 Å². The number of amides is 3. The first-order valence-electron chi connectivity index (χ1n) is 9.00. The lowest BCUT2D eigenvalue weighted by molar-refractivity contribution is -0.242. The Morgan fingerprint density at radius 3 is 2.09 bits per heavy atom. The number of urea groups is 1. The van der Waals surface area contributed by atoms with Gasteiger partial charge in [0, 0.05) is 12.2 Å². The van der Waals surface area contributed by atoms with Crippen LogP contribution < -0.4 is 16.0 Å². The fraction of sp³-hybridized carbons (Fsp3) is 0.263. The van der Waals surface area contributed by atoms with Crippen molar-refractivity contribution in [2.45, 2.75) is 35.4 Å². The second kappa shape index (κ2) is 9.35. The van der Waals surface area contributed by atoms with Crippen molar-refractivity contribution < 1.29 is 36.3 Å². The van der Waals surface area contributed by atoms with Gasteiger partial charge in [0.15, 0.2) is 0 Å². The van der Waals surface area contributed by atoms with Crippen LogP contribution in [-0.4, -0.2) is 43.8 Å². The van der Waals surface area contributed by atoms with Gasteiger partial charge in [0.1, 0.15) is 0 Å². The molecule has 0 aliphatic heterocycles. The highest BCUT2D eigenvalue weighted by Gasteiger charge is 2.55. The van der Waals surface area contributed by atoms with Crippen LogP contribution in [0.4, 0.5) is 29.3 Å². The van der Waals surface area contributed by atoms with E-state index in [-0.39, 0.29) is 27.4 Å². The number of carbonyl (C=O) groups excluding carboxylic acids is 2. The summed E-state index contributed by atoms with van der Waals surface area (Å²) in [5, 5.41) is 15.9. The van der Waals surface area contributed by atoms with Crippen LogP contribution in [0.2, 0.25) is 5.02 Å². The van der Waals surface area contributed by atoms with E-state index < -0.39 is 33.6 Å². The van der Waals surface area contributed by atoms with Gasteiger partial charge in [0.2, 0.25) is 15.4 Å². The predicted molar refractivity (Wildman–Crippen MR) is 111 cm³/mol. The molecular weight excluding hydrogens is 475 g/mol. The summed E-state index contributed by atoms with van der Waals surface area (Å²) in [6.45, 7) is 2.42. The summed E-state index contributed by atoms with van der Waals surface area (Å²) in [5.41, 5.74) is -3.64. The van der Waals surface area contributed by atoms with Crippen LogP contribution >= 0.6 is 11.6 Å². The summed E-state index contributed by atoms with van der Waals surface area (Å²) in [4.78, 5) is 22.9. The summed E-state index contributed by atoms with van der Waals surface area (Å²) in [5.74, 6) is -1.78. The van der Waals surface area contributed by atoms with Crippen LogP contribution in [0.1, 0.15) is 13.8 Å². The Labute approximate surface area is 186 Å². The molecule has 0 spiro atoms. The van der Waals surface area contributed by atoms with Crippen molar-refractivity contribution in [2.24, 2.45) is 0 Å². The topological polar surface area (TPSA) is 125 Å². The lowest BCUT2D eigenvalue weighted by Gasteiger charge is -2.25. The number of halogens is 4. The molecule has 2 aromatic carbocycles. The van der Waals surface area contributed by atoms with Crippen molar-refractivity contribution in [1.82, 2.24) is 5.32 Å². The number of sulfone groups is 1. The lowest BCUT2D eigenvalue weighted by atomic mass is 10.1. The number of alkyl halides is 3. The molecule has 1 atom stereocenters. The molecule has 0 saturated carbocycles. The van der Waals surface area contributed by atoms with Gasteiger partial charge in [-0.25, -0.2) is 13.2 Å². The van der Waals surface area contributed by atoms with E-state index in [9.17, 15) is 36.3 Å². The van der Waals surface area contributed by atoms with E-state index in [0.717, 1.165) is 18.2 Å². The molecule has 8 nitrogen and oxygen atoms in total. The summed E-state index contributed by atoms with van der Waals surface area (Å²) in [6, 6.07) is 7.79. The average Bonchev–Trinajstić information content (AvgIpc) is 2.69. The molecule has 2 aromatic rings. The van der Waals surface area contributed by atoms with Gasteiger partial charge in [-0.15, -0.1) is 0 Å². The first-order chi connectivity index (χ1) is 14.7. The number of rotatable bonds is 6. The second-order valence-electron chi connectivity index (χ2n) is 6.68. The predicted octanol–water partition coefficient (Wildman–Crippen LogP) is 3.57. The Morgan fingerprint density at radius 2 is 1.59 bits per heavy atom. The van der Waals surface area contributed by atoms with Crippen molar-refractivity contribution >= 4 is 44.8 Å². The van der Waals surface area contributed by atoms with E-state index in [4.69, 9.17) is 11.6 Å². The van der Waals surface area contributed by atoms with E-state index in [2.05, 4.69) is 10.6 Å². The smallest absolute Gasteiger partial charge is 0.373 e. The minimum Gasteiger partial charge on any atom is -0.373 e. The quantitative estimate of drug-likeness (QED) is 0.489. The molecule has 0 aromatic heterocycles. The Bertz CT molecular complexity index is 1120. The summed E-state index contributed by atoms with van der Waals surface area (Å²) >= 11 is 5.95. The minimum absolute atomic E-state index is 0.133. The maximum absolute atomic E-state index is 12.8. The SMILES string of the molecule is CCNC(=O)Nc1ccc(S(=O)(=O)c2ccc(NC(=O)C(C)(O)C(F)(F)F)c(Cl)c2)cc1. The van der Waals surface area contributed by atoms with Gasteiger partial charge >= 0.3 is 12.2 Å². The zero-order chi connectivity index (χ0) is 24.3. The molecule has 4 N–H and O–H groups in total. The van der Waals surface area contributed by atoms with Crippen molar-refractivity contribution in [1.29, 1.82) is 0 Å². The molecule has 3 amide bonds. The molecule has 0 saturated heterocycles. The third kappa shape index (κ3) is 5.50.